The average Bonchev–Trinajstić information content (AvgIpc) is 3.26. The van der Waals surface area contributed by atoms with Crippen molar-refractivity contribution in [2.45, 2.75) is 19.7 Å². The lowest BCUT2D eigenvalue weighted by atomic mass is 10.1. The quantitative estimate of drug-likeness (QED) is 0.491. The number of carbonyl (C=O) groups excluding carboxylic acids is 3. The molecule has 8 heteroatoms. The van der Waals surface area contributed by atoms with Crippen LogP contribution in [0.1, 0.15) is 47.9 Å². The van der Waals surface area contributed by atoms with Crippen LogP contribution in [0, 0.1) is 13.8 Å². The molecule has 2 heterocycles. The molecule has 0 aliphatic carbocycles. The van der Waals surface area contributed by atoms with Crippen molar-refractivity contribution in [2.75, 3.05) is 10.2 Å². The first-order valence-electron chi connectivity index (χ1n) is 8.81. The summed E-state index contributed by atoms with van der Waals surface area (Å²) in [7, 11) is 0. The van der Waals surface area contributed by atoms with Crippen LogP contribution in [0.2, 0.25) is 0 Å². The molecule has 0 saturated heterocycles. The molecule has 146 valence electrons. The number of hydrogen-bond acceptors (Lipinski definition) is 5. The third kappa shape index (κ3) is 3.43. The van der Waals surface area contributed by atoms with Gasteiger partial charge in [-0.1, -0.05) is 12.1 Å². The van der Waals surface area contributed by atoms with Crippen LogP contribution in [0.5, 0.6) is 0 Å². The van der Waals surface area contributed by atoms with Gasteiger partial charge in [0.25, 0.3) is 17.7 Å². The maximum absolute atomic E-state index is 13.0. The predicted octanol–water partition coefficient (Wildman–Crippen LogP) is 4.55. The number of aryl methyl sites for hydroxylation is 2. The van der Waals surface area contributed by atoms with Gasteiger partial charge in [0.1, 0.15) is 0 Å². The van der Waals surface area contributed by atoms with Crippen molar-refractivity contribution in [3.8, 4) is 0 Å². The Hall–Kier alpha value is -3.03. The van der Waals surface area contributed by atoms with Crippen LogP contribution in [-0.2, 0) is 5.88 Å². The minimum atomic E-state index is -0.438. The molecule has 0 unspecified atom stereocenters. The minimum Gasteiger partial charge on any atom is -0.298 e. The minimum absolute atomic E-state index is 0.212. The molecule has 2 aromatic carbocycles. The highest BCUT2D eigenvalue weighted by molar-refractivity contribution is 7.14. The van der Waals surface area contributed by atoms with E-state index in [0.29, 0.717) is 16.5 Å². The van der Waals surface area contributed by atoms with Crippen LogP contribution in [-0.4, -0.2) is 22.7 Å². The molecule has 0 fully saturated rings. The van der Waals surface area contributed by atoms with Crippen LogP contribution in [0.4, 0.5) is 10.8 Å². The van der Waals surface area contributed by atoms with E-state index in [1.807, 2.05) is 32.0 Å². The van der Waals surface area contributed by atoms with Crippen LogP contribution in [0.25, 0.3) is 0 Å². The fourth-order valence-electron chi connectivity index (χ4n) is 3.16. The van der Waals surface area contributed by atoms with E-state index < -0.39 is 17.7 Å². The second-order valence-electron chi connectivity index (χ2n) is 6.73. The number of nitrogens with one attached hydrogen (secondary N) is 1. The summed E-state index contributed by atoms with van der Waals surface area (Å²) in [6.45, 7) is 3.75. The molecule has 6 nitrogen and oxygen atoms in total. The fourth-order valence-corrected chi connectivity index (χ4v) is 4.09. The normalized spacial score (nSPS) is 13.0. The molecule has 1 aromatic heterocycles. The number of hydrogen-bond donors (Lipinski definition) is 1. The van der Waals surface area contributed by atoms with E-state index >= 15 is 0 Å². The number of rotatable bonds is 4. The third-order valence-electron chi connectivity index (χ3n) is 4.66. The van der Waals surface area contributed by atoms with E-state index in [2.05, 4.69) is 10.3 Å². The molecule has 3 aromatic rings. The van der Waals surface area contributed by atoms with Gasteiger partial charge in [-0.25, -0.2) is 9.88 Å². The number of thiazole rings is 1. The summed E-state index contributed by atoms with van der Waals surface area (Å²) in [5.41, 5.74) is 3.76. The van der Waals surface area contributed by atoms with Gasteiger partial charge >= 0.3 is 0 Å². The largest absolute Gasteiger partial charge is 0.298 e. The Balaban J connectivity index is 1.64. The van der Waals surface area contributed by atoms with E-state index in [1.165, 1.54) is 34.4 Å². The molecule has 0 bridgehead atoms. The number of carbonyl (C=O) groups is 3. The van der Waals surface area contributed by atoms with Crippen molar-refractivity contribution < 1.29 is 14.4 Å². The van der Waals surface area contributed by atoms with Gasteiger partial charge in [0.2, 0.25) is 0 Å². The Bertz CT molecular complexity index is 1170. The monoisotopic (exact) mass is 425 g/mol. The summed E-state index contributed by atoms with van der Waals surface area (Å²) in [4.78, 5) is 43.8. The van der Waals surface area contributed by atoms with Crippen molar-refractivity contribution in [1.29, 1.82) is 0 Å². The number of aromatic nitrogens is 1. The maximum Gasteiger partial charge on any atom is 0.266 e. The molecule has 0 atom stereocenters. The van der Waals surface area contributed by atoms with Crippen molar-refractivity contribution in [3.05, 3.63) is 75.3 Å². The van der Waals surface area contributed by atoms with E-state index in [1.54, 1.807) is 5.38 Å². The van der Waals surface area contributed by atoms with Crippen LogP contribution in [0.3, 0.4) is 0 Å². The number of imide groups is 1. The van der Waals surface area contributed by atoms with Crippen LogP contribution >= 0.6 is 22.9 Å². The molecular formula is C21H16ClN3O3S. The van der Waals surface area contributed by atoms with Gasteiger partial charge in [0.15, 0.2) is 5.13 Å². The topological polar surface area (TPSA) is 79.4 Å². The summed E-state index contributed by atoms with van der Waals surface area (Å²) < 4.78 is 0. The third-order valence-corrected chi connectivity index (χ3v) is 5.74. The first-order valence-corrected chi connectivity index (χ1v) is 10.2. The Kier molecular flexibility index (Phi) is 4.94. The smallest absolute Gasteiger partial charge is 0.266 e. The van der Waals surface area contributed by atoms with E-state index in [-0.39, 0.29) is 22.6 Å². The van der Waals surface area contributed by atoms with E-state index in [0.717, 1.165) is 11.1 Å². The van der Waals surface area contributed by atoms with E-state index in [4.69, 9.17) is 11.6 Å². The molecule has 0 radical (unpaired) electrons. The Morgan fingerprint density at radius 1 is 1.10 bits per heavy atom. The van der Waals surface area contributed by atoms with Crippen molar-refractivity contribution >= 4 is 51.5 Å². The van der Waals surface area contributed by atoms with Gasteiger partial charge in [-0.2, -0.15) is 0 Å². The second kappa shape index (κ2) is 7.42. The van der Waals surface area contributed by atoms with Crippen molar-refractivity contribution in [3.63, 3.8) is 0 Å². The molecule has 1 aliphatic heterocycles. The Morgan fingerprint density at radius 3 is 2.59 bits per heavy atom. The number of benzene rings is 2. The van der Waals surface area contributed by atoms with Gasteiger partial charge in [0.05, 0.1) is 28.4 Å². The fraction of sp³-hybridized carbons (Fsp3) is 0.143. The Labute approximate surface area is 176 Å². The zero-order valence-corrected chi connectivity index (χ0v) is 17.2. The summed E-state index contributed by atoms with van der Waals surface area (Å²) in [5.74, 6) is -0.978. The molecule has 4 rings (SSSR count). The van der Waals surface area contributed by atoms with Gasteiger partial charge in [-0.05, 0) is 49.2 Å². The standard InChI is InChI=1S/C21H16ClN3O3S/c1-11-3-4-12(2)17(7-11)25-19(27)15-6-5-13(8-16(15)20(25)28)18(26)24-21-23-14(9-22)10-29-21/h3-8,10H,9H2,1-2H3,(H,23,24,26). The SMILES string of the molecule is Cc1ccc(C)c(N2C(=O)c3ccc(C(=O)Nc4nc(CCl)cs4)cc3C2=O)c1. The molecular weight excluding hydrogens is 410 g/mol. The highest BCUT2D eigenvalue weighted by Gasteiger charge is 2.37. The predicted molar refractivity (Wildman–Crippen MR) is 113 cm³/mol. The van der Waals surface area contributed by atoms with Crippen LogP contribution in [0.15, 0.2) is 41.8 Å². The summed E-state index contributed by atoms with van der Waals surface area (Å²) in [6, 6.07) is 10.1. The summed E-state index contributed by atoms with van der Waals surface area (Å²) in [5, 5.41) is 4.87. The van der Waals surface area contributed by atoms with E-state index in [9.17, 15) is 14.4 Å². The Morgan fingerprint density at radius 2 is 1.86 bits per heavy atom. The molecule has 29 heavy (non-hydrogen) atoms. The molecule has 0 spiro atoms. The molecule has 0 saturated carbocycles. The second-order valence-corrected chi connectivity index (χ2v) is 7.85. The zero-order valence-electron chi connectivity index (χ0n) is 15.7. The number of alkyl halides is 1. The highest BCUT2D eigenvalue weighted by atomic mass is 35.5. The number of nitrogens with zero attached hydrogens (tertiary/aromatic N) is 2. The molecule has 1 N–H and O–H groups in total. The number of amides is 3. The first-order chi connectivity index (χ1) is 13.9. The van der Waals surface area contributed by atoms with Crippen molar-refractivity contribution in [2.24, 2.45) is 0 Å². The lowest BCUT2D eigenvalue weighted by Crippen LogP contribution is -2.30. The summed E-state index contributed by atoms with van der Waals surface area (Å²) in [6.07, 6.45) is 0. The average molecular weight is 426 g/mol. The van der Waals surface area contributed by atoms with Gasteiger partial charge in [-0.15, -0.1) is 22.9 Å². The lowest BCUT2D eigenvalue weighted by Gasteiger charge is -2.17. The van der Waals surface area contributed by atoms with Gasteiger partial charge in [-0.3, -0.25) is 19.7 Å². The number of halogens is 1. The summed E-state index contributed by atoms with van der Waals surface area (Å²) >= 11 is 7.00. The molecule has 1 aliphatic rings. The van der Waals surface area contributed by atoms with Gasteiger partial charge in [0, 0.05) is 10.9 Å². The van der Waals surface area contributed by atoms with Crippen molar-refractivity contribution in [1.82, 2.24) is 4.98 Å². The molecule has 3 amide bonds. The van der Waals surface area contributed by atoms with Gasteiger partial charge < -0.3 is 0 Å². The number of fused-ring (bicyclic) bond motifs is 1. The lowest BCUT2D eigenvalue weighted by molar-refractivity contribution is 0.0925. The highest BCUT2D eigenvalue weighted by Crippen LogP contribution is 2.32. The van der Waals surface area contributed by atoms with Crippen LogP contribution < -0.4 is 10.2 Å². The first kappa shape index (κ1) is 19.3. The zero-order chi connectivity index (χ0) is 20.7. The number of anilines is 2. The maximum atomic E-state index is 13.0.